The molecule has 10 nitrogen and oxygen atoms in total. The Kier molecular flexibility index (Phi) is 9.82. The van der Waals surface area contributed by atoms with Gasteiger partial charge in [0.1, 0.15) is 11.8 Å². The van der Waals surface area contributed by atoms with Crippen LogP contribution in [0.5, 0.6) is 5.75 Å². The number of sulfone groups is 1. The molecule has 0 heterocycles. The van der Waals surface area contributed by atoms with E-state index in [2.05, 4.69) is 5.32 Å². The molecule has 0 aliphatic rings. The van der Waals surface area contributed by atoms with E-state index in [4.69, 9.17) is 33.7 Å². The molecule has 4 N–H and O–H groups in total. The third kappa shape index (κ3) is 6.46. The Morgan fingerprint density at radius 3 is 2.13 bits per heavy atom. The van der Waals surface area contributed by atoms with E-state index in [1.54, 1.807) is 18.2 Å². The molecule has 0 radical (unpaired) electrons. The molecule has 0 saturated carbocycles. The number of rotatable bonds is 12. The third-order valence-corrected chi connectivity index (χ3v) is 6.43. The highest BCUT2D eigenvalue weighted by Crippen LogP contribution is 2.29. The van der Waals surface area contributed by atoms with E-state index in [1.165, 1.54) is 12.1 Å². The Morgan fingerprint density at radius 2 is 1.73 bits per heavy atom. The first-order chi connectivity index (χ1) is 14.0. The zero-order chi connectivity index (χ0) is 22.9. The highest BCUT2D eigenvalue weighted by molar-refractivity contribution is 7.92. The molecule has 1 rings (SSSR count). The Morgan fingerprint density at radius 1 is 1.20 bits per heavy atom. The fourth-order valence-electron chi connectivity index (χ4n) is 2.88. The first-order valence-corrected chi connectivity index (χ1v) is 11.6. The highest BCUT2D eigenvalue weighted by Gasteiger charge is 2.54. The van der Waals surface area contributed by atoms with E-state index < -0.39 is 45.1 Å². The van der Waals surface area contributed by atoms with Crippen molar-refractivity contribution < 1.29 is 32.6 Å². The Bertz CT molecular complexity index is 848. The molecule has 1 aromatic rings. The lowest BCUT2D eigenvalue weighted by Crippen LogP contribution is -2.66. The summed E-state index contributed by atoms with van der Waals surface area (Å²) in [6.07, 6.45) is -1.29. The predicted octanol–water partition coefficient (Wildman–Crippen LogP) is 0.624. The van der Waals surface area contributed by atoms with Gasteiger partial charge in [0.15, 0.2) is 9.84 Å². The molecule has 0 saturated heterocycles. The minimum atomic E-state index is -4.31. The molecular weight excluding hydrogens is 461 g/mol. The average Bonchev–Trinajstić information content (AvgIpc) is 2.64. The second-order valence-electron chi connectivity index (χ2n) is 6.23. The summed E-state index contributed by atoms with van der Waals surface area (Å²) in [5.41, 5.74) is 5.44. The average molecular weight is 484 g/mol. The molecule has 2 atom stereocenters. The molecule has 0 spiro atoms. The van der Waals surface area contributed by atoms with Gasteiger partial charge < -0.3 is 20.9 Å². The van der Waals surface area contributed by atoms with Gasteiger partial charge in [-0.05, 0) is 12.1 Å². The van der Waals surface area contributed by atoms with E-state index in [1.807, 2.05) is 0 Å². The number of nitrogens with one attached hydrogen (secondary N) is 1. The fraction of sp³-hybridized carbons (Fsp3) is 0.471. The van der Waals surface area contributed by atoms with Crippen molar-refractivity contribution in [1.29, 1.82) is 0 Å². The van der Waals surface area contributed by atoms with Crippen LogP contribution in [0.1, 0.15) is 6.42 Å². The van der Waals surface area contributed by atoms with Crippen molar-refractivity contribution >= 4 is 51.0 Å². The summed E-state index contributed by atoms with van der Waals surface area (Å²) in [7, 11) is -4.31. The summed E-state index contributed by atoms with van der Waals surface area (Å²) >= 11 is 11.5. The van der Waals surface area contributed by atoms with E-state index in [9.17, 15) is 27.9 Å². The van der Waals surface area contributed by atoms with Gasteiger partial charge >= 0.3 is 12.1 Å². The maximum Gasteiger partial charge on any atom is 0.413 e. The van der Waals surface area contributed by atoms with Gasteiger partial charge in [-0.25, -0.2) is 18.0 Å². The molecule has 0 fully saturated rings. The highest BCUT2D eigenvalue weighted by atomic mass is 35.5. The molecule has 0 aromatic heterocycles. The van der Waals surface area contributed by atoms with E-state index in [-0.39, 0.29) is 30.6 Å². The number of nitrogens with two attached hydrogens (primary N) is 1. The van der Waals surface area contributed by atoms with Crippen LogP contribution in [0.3, 0.4) is 0 Å². The number of hydrogen-bond donors (Lipinski definition) is 3. The van der Waals surface area contributed by atoms with Gasteiger partial charge in [-0.15, -0.1) is 23.2 Å². The number of nitrogens with zero attached hydrogens (tertiary/aromatic N) is 1. The molecule has 30 heavy (non-hydrogen) atoms. The molecule has 0 aliphatic carbocycles. The lowest BCUT2D eigenvalue weighted by molar-refractivity contribution is -0.140. The van der Waals surface area contributed by atoms with Crippen LogP contribution in [0.15, 0.2) is 30.3 Å². The normalized spacial score (nSPS) is 14.5. The van der Waals surface area contributed by atoms with Crippen LogP contribution in [0.4, 0.5) is 4.79 Å². The van der Waals surface area contributed by atoms with Crippen molar-refractivity contribution in [1.82, 2.24) is 10.2 Å². The Balaban J connectivity index is 3.29. The van der Waals surface area contributed by atoms with E-state index >= 15 is 0 Å². The van der Waals surface area contributed by atoms with Crippen molar-refractivity contribution in [3.8, 4) is 5.75 Å². The maximum absolute atomic E-state index is 12.7. The maximum atomic E-state index is 12.7. The number of amides is 2. The number of carboxylic acid groups (broad SMARTS) is 1. The number of carbonyl (C=O) groups is 3. The number of alkyl halides is 2. The SMILES string of the molecule is CS(=O)(=O)C(C[C@H](NC(=O)Oc1ccccc1)C(=O)O)(C(N)=O)N(CCCl)CCCl. The van der Waals surface area contributed by atoms with Crippen molar-refractivity contribution in [2.24, 2.45) is 5.73 Å². The van der Waals surface area contributed by atoms with Crippen LogP contribution in [0.2, 0.25) is 0 Å². The molecule has 0 bridgehead atoms. The number of ether oxygens (including phenoxy) is 1. The van der Waals surface area contributed by atoms with Gasteiger partial charge in [0.05, 0.1) is 0 Å². The zero-order valence-electron chi connectivity index (χ0n) is 16.1. The predicted molar refractivity (Wildman–Crippen MR) is 111 cm³/mol. The number of primary amides is 1. The number of para-hydroxylation sites is 1. The van der Waals surface area contributed by atoms with Gasteiger partial charge in [-0.2, -0.15) is 0 Å². The van der Waals surface area contributed by atoms with Crippen LogP contribution >= 0.6 is 23.2 Å². The van der Waals surface area contributed by atoms with Gasteiger partial charge in [-0.3, -0.25) is 9.69 Å². The van der Waals surface area contributed by atoms with Crippen LogP contribution in [-0.4, -0.2) is 78.4 Å². The standard InChI is InChI=1S/C17H23Cl2N3O7S/c1-30(27,28)17(15(20)25,22(9-7-18)10-8-19)11-13(14(23)24)21-16(26)29-12-5-3-2-4-6-12/h2-6,13H,7-11H2,1H3,(H2,20,25)(H,21,26)(H,23,24)/t13-,17?/m0/s1. The monoisotopic (exact) mass is 483 g/mol. The minimum absolute atomic E-state index is 0.0807. The van der Waals surface area contributed by atoms with Crippen molar-refractivity contribution in [2.75, 3.05) is 31.1 Å². The van der Waals surface area contributed by atoms with Gasteiger partial charge in [0, 0.05) is 37.5 Å². The summed E-state index contributed by atoms with van der Waals surface area (Å²) < 4.78 is 30.3. The molecule has 2 amide bonds. The summed E-state index contributed by atoms with van der Waals surface area (Å²) in [6, 6.07) is 5.96. The molecular formula is C17H23Cl2N3O7S. The number of benzene rings is 1. The minimum Gasteiger partial charge on any atom is -0.480 e. The number of carboxylic acids is 1. The summed E-state index contributed by atoms with van der Waals surface area (Å²) in [4.78, 5) is 34.9. The number of hydrogen-bond acceptors (Lipinski definition) is 7. The smallest absolute Gasteiger partial charge is 0.413 e. The second kappa shape index (κ2) is 11.3. The number of carbonyl (C=O) groups excluding carboxylic acids is 2. The first-order valence-electron chi connectivity index (χ1n) is 8.62. The summed E-state index contributed by atoms with van der Waals surface area (Å²) in [6.45, 7) is -0.240. The summed E-state index contributed by atoms with van der Waals surface area (Å²) in [5, 5.41) is 11.6. The van der Waals surface area contributed by atoms with Crippen LogP contribution in [0.25, 0.3) is 0 Å². The number of halogens is 2. The zero-order valence-corrected chi connectivity index (χ0v) is 18.4. The van der Waals surface area contributed by atoms with Crippen LogP contribution in [-0.2, 0) is 19.4 Å². The molecule has 1 aromatic carbocycles. The molecule has 168 valence electrons. The van der Waals surface area contributed by atoms with Crippen molar-refractivity contribution in [3.05, 3.63) is 30.3 Å². The fourth-order valence-corrected chi connectivity index (χ4v) is 4.77. The van der Waals surface area contributed by atoms with E-state index in [0.29, 0.717) is 0 Å². The van der Waals surface area contributed by atoms with Crippen LogP contribution < -0.4 is 15.8 Å². The number of aliphatic carboxylic acids is 1. The quantitative estimate of drug-likeness (QED) is 0.365. The lowest BCUT2D eigenvalue weighted by Gasteiger charge is -2.40. The van der Waals surface area contributed by atoms with Crippen LogP contribution in [0, 0.1) is 0 Å². The Labute approximate surface area is 184 Å². The summed E-state index contributed by atoms with van der Waals surface area (Å²) in [5.74, 6) is -2.93. The largest absolute Gasteiger partial charge is 0.480 e. The topological polar surface area (TPSA) is 156 Å². The third-order valence-electron chi connectivity index (χ3n) is 4.24. The van der Waals surface area contributed by atoms with Crippen molar-refractivity contribution in [3.63, 3.8) is 0 Å². The van der Waals surface area contributed by atoms with Gasteiger partial charge in [0.25, 0.3) is 5.91 Å². The molecule has 13 heteroatoms. The molecule has 1 unspecified atom stereocenters. The second-order valence-corrected chi connectivity index (χ2v) is 9.20. The molecule has 0 aliphatic heterocycles. The lowest BCUT2D eigenvalue weighted by atomic mass is 10.0. The van der Waals surface area contributed by atoms with Gasteiger partial charge in [0.2, 0.25) is 4.87 Å². The van der Waals surface area contributed by atoms with Crippen molar-refractivity contribution in [2.45, 2.75) is 17.3 Å². The van der Waals surface area contributed by atoms with Gasteiger partial charge in [-0.1, -0.05) is 18.2 Å². The first kappa shape index (κ1) is 26.0. The Hall–Kier alpha value is -2.08. The van der Waals surface area contributed by atoms with E-state index in [0.717, 1.165) is 11.2 Å².